The monoisotopic (exact) mass is 463 g/mol. The van der Waals surface area contributed by atoms with Crippen LogP contribution in [0.15, 0.2) is 47.5 Å². The van der Waals surface area contributed by atoms with E-state index in [0.29, 0.717) is 30.0 Å². The molecule has 1 atom stereocenters. The van der Waals surface area contributed by atoms with E-state index in [4.69, 9.17) is 26.0 Å². The summed E-state index contributed by atoms with van der Waals surface area (Å²) in [6, 6.07) is 8.54. The van der Waals surface area contributed by atoms with E-state index in [1.54, 1.807) is 30.0 Å². The van der Waals surface area contributed by atoms with E-state index < -0.39 is 5.90 Å². The van der Waals surface area contributed by atoms with Gasteiger partial charge in [0, 0.05) is 37.0 Å². The van der Waals surface area contributed by atoms with Crippen molar-refractivity contribution >= 4 is 17.6 Å². The largest absolute Gasteiger partial charge is 0.419 e. The lowest BCUT2D eigenvalue weighted by Gasteiger charge is -2.15. The summed E-state index contributed by atoms with van der Waals surface area (Å²) >= 11 is 0. The Morgan fingerprint density at radius 3 is 2.68 bits per heavy atom. The number of benzene rings is 1. The summed E-state index contributed by atoms with van der Waals surface area (Å²) in [6.07, 6.45) is 3.13. The van der Waals surface area contributed by atoms with Crippen molar-refractivity contribution in [1.82, 2.24) is 19.9 Å². The molecule has 34 heavy (non-hydrogen) atoms. The summed E-state index contributed by atoms with van der Waals surface area (Å²) in [7, 11) is 3.44. The predicted molar refractivity (Wildman–Crippen MR) is 131 cm³/mol. The minimum absolute atomic E-state index is 0.00344. The number of pyridine rings is 1. The molecule has 0 aliphatic carbocycles. The maximum Gasteiger partial charge on any atom is 0.250 e. The van der Waals surface area contributed by atoms with Gasteiger partial charge in [0.2, 0.25) is 11.8 Å². The Kier molecular flexibility index (Phi) is 7.87. The molecule has 0 amide bonds. The maximum atomic E-state index is 12.3. The normalized spacial score (nSPS) is 11.8. The van der Waals surface area contributed by atoms with Crippen LogP contribution < -0.4 is 16.6 Å². The van der Waals surface area contributed by atoms with E-state index in [-0.39, 0.29) is 29.0 Å². The molecule has 0 bridgehead atoms. The number of nitrogens with one attached hydrogen (secondary N) is 3. The van der Waals surface area contributed by atoms with Crippen LogP contribution in [0.1, 0.15) is 35.3 Å². The maximum absolute atomic E-state index is 12.3. The molecule has 3 aromatic rings. The number of ether oxygens (including phenoxy) is 2. The van der Waals surface area contributed by atoms with Crippen molar-refractivity contribution in [3.8, 4) is 11.3 Å². The standard InChI is InChI=1S/C24H29N7O3/c1-14-9-16(10-28-3)5-7-18(14)23(26)34-24(27)21-22(25)29-11-19(30-21)17-6-8-20(32)31(12-17)15(2)13-33-4/h5-9,11-12,15,26-28H,10,13H2,1-4H3,(H2,25,29). The second-order valence-corrected chi connectivity index (χ2v) is 7.90. The predicted octanol–water partition coefficient (Wildman–Crippen LogP) is 2.49. The highest BCUT2D eigenvalue weighted by molar-refractivity contribution is 6.06. The van der Waals surface area contributed by atoms with E-state index in [9.17, 15) is 4.79 Å². The van der Waals surface area contributed by atoms with Gasteiger partial charge in [0.05, 0.1) is 24.5 Å². The molecule has 5 N–H and O–H groups in total. The molecule has 1 unspecified atom stereocenters. The Labute approximate surface area is 197 Å². The number of nitrogens with two attached hydrogens (primary N) is 1. The lowest BCUT2D eigenvalue weighted by Crippen LogP contribution is -2.24. The first-order chi connectivity index (χ1) is 16.2. The molecule has 0 saturated carbocycles. The van der Waals surface area contributed by atoms with Gasteiger partial charge in [-0.2, -0.15) is 0 Å². The molecule has 0 fully saturated rings. The van der Waals surface area contributed by atoms with Crippen molar-refractivity contribution in [3.63, 3.8) is 0 Å². The van der Waals surface area contributed by atoms with Crippen LogP contribution in [0.25, 0.3) is 11.3 Å². The summed E-state index contributed by atoms with van der Waals surface area (Å²) < 4.78 is 12.2. The van der Waals surface area contributed by atoms with Crippen LogP contribution in [-0.2, 0) is 16.0 Å². The smallest absolute Gasteiger partial charge is 0.250 e. The molecule has 1 aromatic carbocycles. The van der Waals surface area contributed by atoms with E-state index in [0.717, 1.165) is 11.1 Å². The van der Waals surface area contributed by atoms with Crippen molar-refractivity contribution in [3.05, 3.63) is 75.5 Å². The summed E-state index contributed by atoms with van der Waals surface area (Å²) in [4.78, 5) is 20.8. The van der Waals surface area contributed by atoms with Gasteiger partial charge in [0.25, 0.3) is 5.56 Å². The van der Waals surface area contributed by atoms with Crippen LogP contribution in [0.2, 0.25) is 0 Å². The molecule has 10 nitrogen and oxygen atoms in total. The second-order valence-electron chi connectivity index (χ2n) is 7.90. The van der Waals surface area contributed by atoms with Gasteiger partial charge in [-0.05, 0) is 44.2 Å². The number of hydrogen-bond donors (Lipinski definition) is 4. The lowest BCUT2D eigenvalue weighted by molar-refractivity contribution is 0.161. The first kappa shape index (κ1) is 24.7. The molecule has 2 aromatic heterocycles. The Hall–Kier alpha value is -3.89. The molecular weight excluding hydrogens is 434 g/mol. The van der Waals surface area contributed by atoms with Gasteiger partial charge in [0.1, 0.15) is 0 Å². The quantitative estimate of drug-likeness (QED) is 0.296. The Morgan fingerprint density at radius 1 is 1.24 bits per heavy atom. The van der Waals surface area contributed by atoms with Gasteiger partial charge in [-0.15, -0.1) is 0 Å². The number of aryl methyl sites for hydroxylation is 1. The molecule has 0 radical (unpaired) electrons. The van der Waals surface area contributed by atoms with Crippen molar-refractivity contribution < 1.29 is 9.47 Å². The first-order valence-electron chi connectivity index (χ1n) is 10.7. The zero-order chi connectivity index (χ0) is 24.8. The van der Waals surface area contributed by atoms with E-state index in [1.165, 1.54) is 12.3 Å². The highest BCUT2D eigenvalue weighted by Crippen LogP contribution is 2.20. The number of nitrogen functional groups attached to an aromatic ring is 1. The van der Waals surface area contributed by atoms with Gasteiger partial charge in [-0.1, -0.05) is 12.1 Å². The third-order valence-electron chi connectivity index (χ3n) is 5.25. The third-order valence-corrected chi connectivity index (χ3v) is 5.25. The van der Waals surface area contributed by atoms with Crippen molar-refractivity contribution in [2.24, 2.45) is 0 Å². The van der Waals surface area contributed by atoms with Crippen LogP contribution in [0, 0.1) is 17.7 Å². The first-order valence-corrected chi connectivity index (χ1v) is 10.7. The number of nitrogens with zero attached hydrogens (tertiary/aromatic N) is 3. The molecule has 0 spiro atoms. The fourth-order valence-electron chi connectivity index (χ4n) is 3.53. The third kappa shape index (κ3) is 5.53. The fourth-order valence-corrected chi connectivity index (χ4v) is 3.53. The molecule has 0 saturated heterocycles. The topological polar surface area (TPSA) is 152 Å². The van der Waals surface area contributed by atoms with Crippen molar-refractivity contribution in [2.75, 3.05) is 26.5 Å². The van der Waals surface area contributed by atoms with E-state index >= 15 is 0 Å². The SMILES string of the molecule is CNCc1ccc(C(=N)OC(=N)c2nc(-c3ccc(=O)n(C(C)COC)c3)cnc2N)c(C)c1. The van der Waals surface area contributed by atoms with Crippen LogP contribution in [0.5, 0.6) is 0 Å². The summed E-state index contributed by atoms with van der Waals surface area (Å²) in [5, 5.41) is 19.8. The van der Waals surface area contributed by atoms with Gasteiger partial charge in [-0.3, -0.25) is 15.6 Å². The minimum Gasteiger partial charge on any atom is -0.419 e. The zero-order valence-electron chi connectivity index (χ0n) is 19.7. The number of anilines is 1. The number of methoxy groups -OCH3 is 1. The Balaban J connectivity index is 1.87. The van der Waals surface area contributed by atoms with Crippen molar-refractivity contribution in [1.29, 1.82) is 10.8 Å². The highest BCUT2D eigenvalue weighted by Gasteiger charge is 2.18. The van der Waals surface area contributed by atoms with Crippen LogP contribution in [0.3, 0.4) is 0 Å². The zero-order valence-corrected chi connectivity index (χ0v) is 19.7. The van der Waals surface area contributed by atoms with Crippen LogP contribution in [-0.4, -0.2) is 47.1 Å². The van der Waals surface area contributed by atoms with E-state index in [2.05, 4.69) is 15.3 Å². The second kappa shape index (κ2) is 10.8. The van der Waals surface area contributed by atoms with Gasteiger partial charge < -0.3 is 25.1 Å². The summed E-state index contributed by atoms with van der Waals surface area (Å²) in [6.45, 7) is 4.83. The van der Waals surface area contributed by atoms with Crippen LogP contribution in [0.4, 0.5) is 5.82 Å². The molecule has 2 heterocycles. The Morgan fingerprint density at radius 2 is 2.00 bits per heavy atom. The molecule has 10 heteroatoms. The highest BCUT2D eigenvalue weighted by atomic mass is 16.5. The minimum atomic E-state index is -0.392. The lowest BCUT2D eigenvalue weighted by atomic mass is 10.0. The summed E-state index contributed by atoms with van der Waals surface area (Å²) in [5.74, 6) is -0.576. The summed E-state index contributed by atoms with van der Waals surface area (Å²) in [5.41, 5.74) is 9.33. The Bertz CT molecular complexity index is 1270. The number of aromatic nitrogens is 3. The van der Waals surface area contributed by atoms with Gasteiger partial charge in [-0.25, -0.2) is 9.97 Å². The molecule has 178 valence electrons. The fraction of sp³-hybridized carbons (Fsp3) is 0.292. The molecular formula is C24H29N7O3. The number of rotatable bonds is 8. The van der Waals surface area contributed by atoms with Gasteiger partial charge >= 0.3 is 0 Å². The average Bonchev–Trinajstić information content (AvgIpc) is 2.80. The van der Waals surface area contributed by atoms with Gasteiger partial charge in [0.15, 0.2) is 11.5 Å². The molecule has 0 aliphatic heterocycles. The van der Waals surface area contributed by atoms with E-state index in [1.807, 2.05) is 33.0 Å². The average molecular weight is 464 g/mol. The van der Waals surface area contributed by atoms with Crippen molar-refractivity contribution in [2.45, 2.75) is 26.4 Å². The van der Waals surface area contributed by atoms with Crippen LogP contribution >= 0.6 is 0 Å². The molecule has 3 rings (SSSR count). The number of hydrogen-bond acceptors (Lipinski definition) is 9. The molecule has 0 aliphatic rings.